The molecule has 0 aromatic carbocycles. The molecule has 2 N–H and O–H groups in total. The van der Waals surface area contributed by atoms with E-state index in [9.17, 15) is 19.4 Å². The SMILES string of the molecule is CCCCCCCCCCC/C=C\C/C=C\CCCCCCCCCCCCCCCCCCCC(=O)NC(COP(=O)([O-])OCC[N+](C)(C)C)C(O)/C=C/CCCCCCCCCCCCCCCCCCCCC. The van der Waals surface area contributed by atoms with Gasteiger partial charge in [-0.3, -0.25) is 9.36 Å². The van der Waals surface area contributed by atoms with Gasteiger partial charge in [-0.2, -0.15) is 0 Å². The summed E-state index contributed by atoms with van der Waals surface area (Å²) in [6.07, 6.45) is 76.8. The van der Waals surface area contributed by atoms with Crippen LogP contribution in [0.15, 0.2) is 36.5 Å². The zero-order valence-corrected chi connectivity index (χ0v) is 52.4. The summed E-state index contributed by atoms with van der Waals surface area (Å²) in [5.41, 5.74) is 0. The summed E-state index contributed by atoms with van der Waals surface area (Å²) in [6.45, 7) is 4.70. The van der Waals surface area contributed by atoms with Crippen LogP contribution in [0.4, 0.5) is 0 Å². The van der Waals surface area contributed by atoms with Crippen LogP contribution in [0.2, 0.25) is 0 Å². The molecule has 0 heterocycles. The first kappa shape index (κ1) is 74.7. The van der Waals surface area contributed by atoms with Gasteiger partial charge in [-0.25, -0.2) is 0 Å². The molecule has 0 aromatic rings. The quantitative estimate of drug-likeness (QED) is 0.0272. The molecule has 9 heteroatoms. The van der Waals surface area contributed by atoms with Crippen molar-refractivity contribution in [3.63, 3.8) is 0 Å². The van der Waals surface area contributed by atoms with Gasteiger partial charge in [0.15, 0.2) is 0 Å². The number of amides is 1. The molecule has 0 saturated heterocycles. The summed E-state index contributed by atoms with van der Waals surface area (Å²) in [5.74, 6) is -0.192. The maximum Gasteiger partial charge on any atom is 0.268 e. The van der Waals surface area contributed by atoms with Crippen LogP contribution >= 0.6 is 7.82 Å². The number of carbonyl (C=O) groups excluding carboxylic acids is 1. The van der Waals surface area contributed by atoms with Gasteiger partial charge in [-0.1, -0.05) is 314 Å². The van der Waals surface area contributed by atoms with E-state index in [-0.39, 0.29) is 19.1 Å². The van der Waals surface area contributed by atoms with Crippen molar-refractivity contribution in [1.82, 2.24) is 5.32 Å². The van der Waals surface area contributed by atoms with Crippen LogP contribution in [0.3, 0.4) is 0 Å². The third-order valence-corrected chi connectivity index (χ3v) is 16.3. The van der Waals surface area contributed by atoms with Gasteiger partial charge in [0.2, 0.25) is 5.91 Å². The molecule has 1 amide bonds. The lowest BCUT2D eigenvalue weighted by atomic mass is 10.0. The predicted molar refractivity (Wildman–Crippen MR) is 330 cm³/mol. The van der Waals surface area contributed by atoms with E-state index < -0.39 is 20.0 Å². The number of phosphoric ester groups is 1. The second kappa shape index (κ2) is 58.4. The fourth-order valence-corrected chi connectivity index (χ4v) is 10.9. The van der Waals surface area contributed by atoms with Gasteiger partial charge in [0.1, 0.15) is 13.2 Å². The van der Waals surface area contributed by atoms with Crippen LogP contribution in [-0.2, 0) is 18.4 Å². The van der Waals surface area contributed by atoms with Crippen molar-refractivity contribution in [2.24, 2.45) is 0 Å². The molecule has 76 heavy (non-hydrogen) atoms. The molecular formula is C67H131N2O6P. The number of likely N-dealkylation sites (N-methyl/N-ethyl adjacent to an activating group) is 1. The lowest BCUT2D eigenvalue weighted by molar-refractivity contribution is -0.870. The summed E-state index contributed by atoms with van der Waals surface area (Å²) in [5, 5.41) is 13.9. The lowest BCUT2D eigenvalue weighted by Crippen LogP contribution is -2.45. The Bertz CT molecular complexity index is 1330. The van der Waals surface area contributed by atoms with Crippen molar-refractivity contribution in [3.05, 3.63) is 36.5 Å². The zero-order valence-electron chi connectivity index (χ0n) is 51.5. The van der Waals surface area contributed by atoms with Crippen molar-refractivity contribution >= 4 is 13.7 Å². The summed E-state index contributed by atoms with van der Waals surface area (Å²) in [6, 6.07) is -0.886. The molecule has 0 bridgehead atoms. The highest BCUT2D eigenvalue weighted by Gasteiger charge is 2.23. The van der Waals surface area contributed by atoms with Crippen LogP contribution in [-0.4, -0.2) is 68.5 Å². The summed E-state index contributed by atoms with van der Waals surface area (Å²) < 4.78 is 23.4. The number of quaternary nitrogens is 1. The Balaban J connectivity index is 4.05. The predicted octanol–water partition coefficient (Wildman–Crippen LogP) is 20.3. The minimum absolute atomic E-state index is 0.000663. The lowest BCUT2D eigenvalue weighted by Gasteiger charge is -2.29. The summed E-state index contributed by atoms with van der Waals surface area (Å²) >= 11 is 0. The molecule has 0 spiro atoms. The monoisotopic (exact) mass is 1090 g/mol. The largest absolute Gasteiger partial charge is 0.756 e. The van der Waals surface area contributed by atoms with E-state index >= 15 is 0 Å². The molecule has 450 valence electrons. The van der Waals surface area contributed by atoms with Crippen LogP contribution < -0.4 is 10.2 Å². The van der Waals surface area contributed by atoms with Crippen molar-refractivity contribution in [2.75, 3.05) is 40.9 Å². The second-order valence-electron chi connectivity index (χ2n) is 24.2. The summed E-state index contributed by atoms with van der Waals surface area (Å²) in [4.78, 5) is 25.6. The van der Waals surface area contributed by atoms with E-state index in [1.165, 1.54) is 270 Å². The van der Waals surface area contributed by atoms with Crippen molar-refractivity contribution in [2.45, 2.75) is 347 Å². The van der Waals surface area contributed by atoms with Gasteiger partial charge in [-0.15, -0.1) is 0 Å². The highest BCUT2D eigenvalue weighted by atomic mass is 31.2. The Labute approximate surface area is 474 Å². The van der Waals surface area contributed by atoms with E-state index in [1.54, 1.807) is 6.08 Å². The molecule has 0 saturated carbocycles. The Morgan fingerprint density at radius 2 is 0.763 bits per heavy atom. The van der Waals surface area contributed by atoms with Crippen LogP contribution in [0.25, 0.3) is 0 Å². The highest BCUT2D eigenvalue weighted by Crippen LogP contribution is 2.38. The molecule has 0 aliphatic rings. The third-order valence-electron chi connectivity index (χ3n) is 15.3. The fraction of sp³-hybridized carbons (Fsp3) is 0.896. The van der Waals surface area contributed by atoms with E-state index in [2.05, 4.69) is 43.5 Å². The normalized spacial score (nSPS) is 13.9. The summed E-state index contributed by atoms with van der Waals surface area (Å²) in [7, 11) is 1.28. The van der Waals surface area contributed by atoms with E-state index in [0.29, 0.717) is 17.4 Å². The maximum atomic E-state index is 13.0. The number of aliphatic hydroxyl groups excluding tert-OH is 1. The number of rotatable bonds is 62. The topological polar surface area (TPSA) is 108 Å². The van der Waals surface area contributed by atoms with Crippen molar-refractivity contribution in [1.29, 1.82) is 0 Å². The molecule has 0 rings (SSSR count). The first-order chi connectivity index (χ1) is 37.0. The van der Waals surface area contributed by atoms with Crippen LogP contribution in [0.5, 0.6) is 0 Å². The number of phosphoric acid groups is 1. The highest BCUT2D eigenvalue weighted by molar-refractivity contribution is 7.45. The minimum Gasteiger partial charge on any atom is -0.756 e. The number of allylic oxidation sites excluding steroid dienone is 5. The number of unbranched alkanes of at least 4 members (excludes halogenated alkanes) is 45. The van der Waals surface area contributed by atoms with Crippen molar-refractivity contribution < 1.29 is 32.9 Å². The minimum atomic E-state index is -4.60. The van der Waals surface area contributed by atoms with E-state index in [1.807, 2.05) is 27.2 Å². The Morgan fingerprint density at radius 1 is 0.461 bits per heavy atom. The molecular weight excluding hydrogens is 960 g/mol. The van der Waals surface area contributed by atoms with E-state index in [0.717, 1.165) is 44.9 Å². The number of nitrogens with one attached hydrogen (secondary N) is 1. The molecule has 8 nitrogen and oxygen atoms in total. The van der Waals surface area contributed by atoms with Crippen LogP contribution in [0, 0.1) is 0 Å². The molecule has 0 fully saturated rings. The van der Waals surface area contributed by atoms with Crippen molar-refractivity contribution in [3.8, 4) is 0 Å². The molecule has 0 aliphatic heterocycles. The Kier molecular flexibility index (Phi) is 57.4. The number of nitrogens with zero attached hydrogens (tertiary/aromatic N) is 1. The molecule has 3 atom stereocenters. The van der Waals surface area contributed by atoms with Gasteiger partial charge in [0.25, 0.3) is 7.82 Å². The van der Waals surface area contributed by atoms with E-state index in [4.69, 9.17) is 9.05 Å². The Hall–Kier alpha value is -1.28. The van der Waals surface area contributed by atoms with Gasteiger partial charge in [0.05, 0.1) is 39.9 Å². The first-order valence-corrected chi connectivity index (χ1v) is 34.8. The average molecular weight is 1090 g/mol. The van der Waals surface area contributed by atoms with Gasteiger partial charge in [-0.05, 0) is 51.4 Å². The molecule has 3 unspecified atom stereocenters. The standard InChI is InChI=1S/C67H131N2O6P/c1-6-8-10-12-14-16-18-20-22-24-26-28-29-30-31-32-33-34-35-36-37-38-39-41-43-45-47-49-51-53-55-57-59-61-67(71)68-65(64-75-76(72,73)74-63-62-69(3,4)5)66(70)60-58-56-54-52-50-48-46-44-42-40-27-25-23-21-19-17-15-13-11-9-7-2/h26,28,30-31,58,60,65-66,70H,6-25,27,29,32-57,59,61-64H2,1-5H3,(H-,68,71,72,73)/b28-26-,31-30-,60-58+. The molecule has 0 aliphatic carbocycles. The fourth-order valence-electron chi connectivity index (χ4n) is 10.1. The third kappa shape index (κ3) is 60.4. The maximum absolute atomic E-state index is 13.0. The van der Waals surface area contributed by atoms with Crippen LogP contribution in [0.1, 0.15) is 335 Å². The van der Waals surface area contributed by atoms with Gasteiger partial charge < -0.3 is 28.8 Å². The zero-order chi connectivity index (χ0) is 55.6. The van der Waals surface area contributed by atoms with Gasteiger partial charge in [0, 0.05) is 6.42 Å². The second-order valence-corrected chi connectivity index (χ2v) is 25.6. The first-order valence-electron chi connectivity index (χ1n) is 33.4. The molecule has 0 aromatic heterocycles. The van der Waals surface area contributed by atoms with Gasteiger partial charge >= 0.3 is 0 Å². The smallest absolute Gasteiger partial charge is 0.268 e. The Morgan fingerprint density at radius 3 is 1.09 bits per heavy atom. The number of aliphatic hydroxyl groups is 1. The number of hydrogen-bond donors (Lipinski definition) is 2. The number of hydrogen-bond acceptors (Lipinski definition) is 6. The average Bonchev–Trinajstić information content (AvgIpc) is 3.38. The molecule has 0 radical (unpaired) electrons. The number of carbonyl (C=O) groups is 1.